The lowest BCUT2D eigenvalue weighted by Crippen LogP contribution is -2.52. The van der Waals surface area contributed by atoms with Gasteiger partial charge in [0.2, 0.25) is 5.91 Å². The van der Waals surface area contributed by atoms with Crippen LogP contribution in [0.2, 0.25) is 5.15 Å². The Labute approximate surface area is 299 Å². The number of ether oxygens (including phenoxy) is 2. The highest BCUT2D eigenvalue weighted by atomic mass is 35.5. The molecule has 6 rings (SSSR count). The molecule has 0 spiro atoms. The number of hydrogen-bond donors (Lipinski definition) is 3. The predicted molar refractivity (Wildman–Crippen MR) is 197 cm³/mol. The summed E-state index contributed by atoms with van der Waals surface area (Å²) >= 11 is 9.26. The Morgan fingerprint density at radius 3 is 2.41 bits per heavy atom. The minimum Gasteiger partial charge on any atom is -0.453 e. The van der Waals surface area contributed by atoms with Gasteiger partial charge >= 0.3 is 6.09 Å². The smallest absolute Gasteiger partial charge is 0.407 e. The lowest BCUT2D eigenvalue weighted by molar-refractivity contribution is -0.118. The molecule has 3 heterocycles. The summed E-state index contributed by atoms with van der Waals surface area (Å²) in [6.07, 6.45) is 0.768. The van der Waals surface area contributed by atoms with Crippen molar-refractivity contribution in [3.8, 4) is 0 Å². The number of alkyl carbamates (subject to hydrolysis) is 1. The standard InChI is InChI=1S/C37H38ClN5O4S2/c1-23-30(22-48-37-41-29-19-20-31(38)42-35(29)49-37)47-27(21-39-23)18-17-24-11-9-10-16-28(24)40-34(44)33(43-36(45)46-2)32(25-12-5-3-6-13-25)26-14-7-4-8-15-26/h3-16,19-20,23,27,30,32-33,39H,17-18,21-22H2,1-2H3,(H,40,44)(H,43,45)/t23-,27-,30-,33+/m1/s1. The van der Waals surface area contributed by atoms with Gasteiger partial charge in [0.25, 0.3) is 0 Å². The summed E-state index contributed by atoms with van der Waals surface area (Å²) in [7, 11) is 1.29. The van der Waals surface area contributed by atoms with Crippen LogP contribution < -0.4 is 16.0 Å². The van der Waals surface area contributed by atoms with Gasteiger partial charge < -0.3 is 25.4 Å². The number of thiazole rings is 1. The number of aromatic nitrogens is 2. The van der Waals surface area contributed by atoms with E-state index in [0.29, 0.717) is 17.3 Å². The van der Waals surface area contributed by atoms with E-state index in [1.54, 1.807) is 17.8 Å². The number of methoxy groups -OCH3 is 1. The number of benzene rings is 3. The Morgan fingerprint density at radius 1 is 1.00 bits per heavy atom. The minimum absolute atomic E-state index is 0.000293. The first-order chi connectivity index (χ1) is 23.9. The van der Waals surface area contributed by atoms with E-state index < -0.39 is 18.1 Å². The van der Waals surface area contributed by atoms with Crippen LogP contribution in [0.15, 0.2) is 101 Å². The number of halogens is 1. The highest BCUT2D eigenvalue weighted by molar-refractivity contribution is 8.01. The number of nitrogens with one attached hydrogen (secondary N) is 3. The van der Waals surface area contributed by atoms with E-state index in [1.165, 1.54) is 18.4 Å². The normalized spacial score (nSPS) is 18.2. The van der Waals surface area contributed by atoms with Crippen molar-refractivity contribution in [2.24, 2.45) is 0 Å². The number of nitrogens with zero attached hydrogens (tertiary/aromatic N) is 2. The fourth-order valence-corrected chi connectivity index (χ4v) is 8.36. The molecule has 1 aliphatic rings. The topological polar surface area (TPSA) is 114 Å². The number of pyridine rings is 1. The van der Waals surface area contributed by atoms with Crippen molar-refractivity contribution in [2.45, 2.75) is 54.3 Å². The van der Waals surface area contributed by atoms with Crippen molar-refractivity contribution in [2.75, 3.05) is 24.7 Å². The number of carbonyl (C=O) groups is 2. The zero-order valence-electron chi connectivity index (χ0n) is 27.2. The van der Waals surface area contributed by atoms with Crippen molar-refractivity contribution < 1.29 is 19.1 Å². The SMILES string of the molecule is COC(=O)N[C@H](C(=O)Nc1ccccc1CC[C@@H]1CN[C@H](C)[C@@H](CSc2nc3ccc(Cl)nc3s2)O1)C(c1ccccc1)c1ccccc1. The number of morpholine rings is 1. The molecule has 2 amide bonds. The quantitative estimate of drug-likeness (QED) is 0.0911. The zero-order chi connectivity index (χ0) is 34.2. The Hall–Kier alpha value is -4.00. The summed E-state index contributed by atoms with van der Waals surface area (Å²) in [6.45, 7) is 2.88. The highest BCUT2D eigenvalue weighted by Gasteiger charge is 2.33. The summed E-state index contributed by atoms with van der Waals surface area (Å²) < 4.78 is 12.5. The molecule has 3 aromatic carbocycles. The van der Waals surface area contributed by atoms with E-state index in [9.17, 15) is 9.59 Å². The number of amides is 2. The molecule has 0 unspecified atom stereocenters. The lowest BCUT2D eigenvalue weighted by atomic mass is 9.84. The second-order valence-electron chi connectivity index (χ2n) is 11.8. The molecule has 1 saturated heterocycles. The number of rotatable bonds is 12. The van der Waals surface area contributed by atoms with Crippen LogP contribution in [0, 0.1) is 0 Å². The van der Waals surface area contributed by atoms with Gasteiger partial charge in [0.15, 0.2) is 4.34 Å². The van der Waals surface area contributed by atoms with Crippen molar-refractivity contribution >= 4 is 62.7 Å². The van der Waals surface area contributed by atoms with Gasteiger partial charge in [0.05, 0.1) is 19.3 Å². The number of fused-ring (bicyclic) bond motifs is 1. The molecule has 49 heavy (non-hydrogen) atoms. The van der Waals surface area contributed by atoms with Crippen molar-refractivity contribution in [3.63, 3.8) is 0 Å². The summed E-state index contributed by atoms with van der Waals surface area (Å²) in [6, 6.07) is 30.1. The lowest BCUT2D eigenvalue weighted by Gasteiger charge is -2.36. The first-order valence-electron chi connectivity index (χ1n) is 16.2. The number of hydrogen-bond acceptors (Lipinski definition) is 9. The summed E-state index contributed by atoms with van der Waals surface area (Å²) in [5, 5.41) is 10.0. The molecule has 2 aromatic heterocycles. The molecule has 0 aliphatic carbocycles. The molecule has 12 heteroatoms. The molecule has 9 nitrogen and oxygen atoms in total. The van der Waals surface area contributed by atoms with Gasteiger partial charge in [-0.05, 0) is 54.7 Å². The number of thioether (sulfide) groups is 1. The fourth-order valence-electron chi connectivity index (χ4n) is 5.98. The highest BCUT2D eigenvalue weighted by Crippen LogP contribution is 2.32. The molecule has 0 radical (unpaired) electrons. The van der Waals surface area contributed by atoms with Gasteiger partial charge in [-0.2, -0.15) is 0 Å². The van der Waals surface area contributed by atoms with E-state index in [1.807, 2.05) is 91.0 Å². The average Bonchev–Trinajstić information content (AvgIpc) is 3.53. The third kappa shape index (κ3) is 8.97. The van der Waals surface area contributed by atoms with Crippen LogP contribution in [0.1, 0.15) is 36.0 Å². The average molecular weight is 716 g/mol. The first-order valence-corrected chi connectivity index (χ1v) is 18.3. The van der Waals surface area contributed by atoms with Gasteiger partial charge in [-0.25, -0.2) is 14.8 Å². The Bertz CT molecular complexity index is 1820. The maximum Gasteiger partial charge on any atom is 0.407 e. The van der Waals surface area contributed by atoms with E-state index in [4.69, 9.17) is 21.1 Å². The second kappa shape index (κ2) is 16.6. The van der Waals surface area contributed by atoms with Gasteiger partial charge in [-0.15, -0.1) is 0 Å². The van der Waals surface area contributed by atoms with Gasteiger partial charge in [0, 0.05) is 29.9 Å². The minimum atomic E-state index is -0.945. The van der Waals surface area contributed by atoms with Crippen molar-refractivity contribution in [1.29, 1.82) is 0 Å². The number of carbonyl (C=O) groups excluding carboxylic acids is 2. The van der Waals surface area contributed by atoms with Gasteiger partial charge in [0.1, 0.15) is 21.5 Å². The monoisotopic (exact) mass is 715 g/mol. The third-order valence-corrected chi connectivity index (χ3v) is 11.0. The van der Waals surface area contributed by atoms with E-state index in [2.05, 4.69) is 32.8 Å². The summed E-state index contributed by atoms with van der Waals surface area (Å²) in [5.41, 5.74) is 4.31. The molecular formula is C37H38ClN5O4S2. The maximum absolute atomic E-state index is 14.1. The molecule has 0 bridgehead atoms. The molecule has 4 atom stereocenters. The number of aryl methyl sites for hydroxylation is 1. The van der Waals surface area contributed by atoms with Crippen LogP contribution in [-0.4, -0.2) is 65.7 Å². The van der Waals surface area contributed by atoms with Crippen molar-refractivity contribution in [1.82, 2.24) is 20.6 Å². The van der Waals surface area contributed by atoms with E-state index in [0.717, 1.165) is 50.1 Å². The van der Waals surface area contributed by atoms with Crippen molar-refractivity contribution in [3.05, 3.63) is 119 Å². The molecule has 0 saturated carbocycles. The third-order valence-electron chi connectivity index (χ3n) is 8.57. The summed E-state index contributed by atoms with van der Waals surface area (Å²) in [4.78, 5) is 36.6. The summed E-state index contributed by atoms with van der Waals surface area (Å²) in [5.74, 6) is -0.0444. The number of anilines is 1. The number of para-hydroxylation sites is 1. The molecule has 254 valence electrons. The van der Waals surface area contributed by atoms with Gasteiger partial charge in [-0.1, -0.05) is 114 Å². The van der Waals surface area contributed by atoms with Crippen LogP contribution in [-0.2, 0) is 20.7 Å². The maximum atomic E-state index is 14.1. The molecule has 1 aliphatic heterocycles. The van der Waals surface area contributed by atoms with Crippen LogP contribution in [0.3, 0.4) is 0 Å². The Kier molecular flexibility index (Phi) is 11.8. The second-order valence-corrected chi connectivity index (χ2v) is 14.5. The van der Waals surface area contributed by atoms with Crippen LogP contribution >= 0.6 is 34.7 Å². The van der Waals surface area contributed by atoms with Crippen LogP contribution in [0.5, 0.6) is 0 Å². The van der Waals surface area contributed by atoms with Gasteiger partial charge in [-0.3, -0.25) is 4.79 Å². The van der Waals surface area contributed by atoms with E-state index >= 15 is 0 Å². The molecule has 3 N–H and O–H groups in total. The van der Waals surface area contributed by atoms with E-state index in [-0.39, 0.29) is 24.2 Å². The Morgan fingerprint density at radius 2 is 1.69 bits per heavy atom. The Balaban J connectivity index is 1.13. The zero-order valence-corrected chi connectivity index (χ0v) is 29.6. The fraction of sp³-hybridized carbons (Fsp3) is 0.297. The van der Waals surface area contributed by atoms with Crippen LogP contribution in [0.25, 0.3) is 10.3 Å². The van der Waals surface area contributed by atoms with Crippen LogP contribution in [0.4, 0.5) is 10.5 Å². The largest absolute Gasteiger partial charge is 0.453 e. The molecule has 5 aromatic rings. The molecule has 1 fully saturated rings. The predicted octanol–water partition coefficient (Wildman–Crippen LogP) is 7.31. The first kappa shape index (κ1) is 34.8. The molecular weight excluding hydrogens is 678 g/mol.